The lowest BCUT2D eigenvalue weighted by Gasteiger charge is -2.15. The van der Waals surface area contributed by atoms with Gasteiger partial charge in [0.05, 0.1) is 22.3 Å². The van der Waals surface area contributed by atoms with E-state index in [1.54, 1.807) is 0 Å². The van der Waals surface area contributed by atoms with E-state index < -0.39 is 47.0 Å². The monoisotopic (exact) mass is 506 g/mol. The Morgan fingerprint density at radius 2 is 0.759 bits per heavy atom. The zero-order valence-electron chi connectivity index (χ0n) is 13.5. The molecule has 0 aliphatic rings. The van der Waals surface area contributed by atoms with Crippen molar-refractivity contribution in [2.24, 2.45) is 0 Å². The summed E-state index contributed by atoms with van der Waals surface area (Å²) in [4.78, 5) is 0. The van der Waals surface area contributed by atoms with Crippen molar-refractivity contribution in [1.82, 2.24) is 0 Å². The minimum Gasteiger partial charge on any atom is -0.166 e. The lowest BCUT2D eigenvalue weighted by Crippen LogP contribution is -2.16. The van der Waals surface area contributed by atoms with Crippen LogP contribution in [0.2, 0.25) is 0 Å². The summed E-state index contributed by atoms with van der Waals surface area (Å²) in [6.07, 6.45) is -20.0. The molecule has 2 rings (SSSR count). The summed E-state index contributed by atoms with van der Waals surface area (Å²) in [5.41, 5.74) is -6.69. The van der Waals surface area contributed by atoms with Crippen molar-refractivity contribution in [3.63, 3.8) is 0 Å². The average molecular weight is 507 g/mol. The fourth-order valence-corrected chi connectivity index (χ4v) is 2.34. The van der Waals surface area contributed by atoms with Crippen LogP contribution in [0.5, 0.6) is 0 Å². The van der Waals surface area contributed by atoms with Crippen LogP contribution in [0.4, 0.5) is 52.7 Å². The van der Waals surface area contributed by atoms with Gasteiger partial charge in [-0.2, -0.15) is 52.7 Å². The molecule has 0 bridgehead atoms. The fraction of sp³-hybridized carbons (Fsp3) is 0.250. The van der Waals surface area contributed by atoms with E-state index in [-0.39, 0.29) is 4.47 Å². The largest absolute Gasteiger partial charge is 0.417 e. The van der Waals surface area contributed by atoms with Gasteiger partial charge in [-0.3, -0.25) is 0 Å². The molecule has 0 unspecified atom stereocenters. The van der Waals surface area contributed by atoms with Crippen molar-refractivity contribution in [2.45, 2.75) is 24.7 Å². The third-order valence-corrected chi connectivity index (χ3v) is 3.62. The van der Waals surface area contributed by atoms with Gasteiger partial charge in [-0.25, -0.2) is 0 Å². The highest BCUT2D eigenvalue weighted by molar-refractivity contribution is 9.10. The number of benzene rings is 2. The van der Waals surface area contributed by atoms with Gasteiger partial charge in [0.1, 0.15) is 0 Å². The van der Waals surface area contributed by atoms with Crippen molar-refractivity contribution >= 4 is 15.9 Å². The van der Waals surface area contributed by atoms with Crippen LogP contribution >= 0.6 is 15.9 Å². The van der Waals surface area contributed by atoms with Crippen LogP contribution in [-0.2, 0) is 24.7 Å². The molecular formula is C16H7BrF12. The van der Waals surface area contributed by atoms with E-state index >= 15 is 0 Å². The van der Waals surface area contributed by atoms with Gasteiger partial charge in [-0.15, -0.1) is 0 Å². The normalized spacial score (nSPS) is 13.0. The first-order chi connectivity index (χ1) is 12.8. The van der Waals surface area contributed by atoms with Gasteiger partial charge in [0.2, 0.25) is 0 Å². The number of alkyl halides is 12. The number of hydrogen-bond acceptors (Lipinski definition) is 0. The van der Waals surface area contributed by atoms with E-state index in [2.05, 4.69) is 15.9 Å². The van der Waals surface area contributed by atoms with E-state index in [9.17, 15) is 52.7 Å². The summed E-state index contributed by atoms with van der Waals surface area (Å²) in [6, 6.07) is 4.36. The van der Waals surface area contributed by atoms with Gasteiger partial charge >= 0.3 is 24.7 Å². The van der Waals surface area contributed by atoms with Crippen LogP contribution in [-0.4, -0.2) is 0 Å². The zero-order valence-corrected chi connectivity index (χ0v) is 15.0. The van der Waals surface area contributed by atoms with Crippen LogP contribution in [0.1, 0.15) is 22.3 Å². The van der Waals surface area contributed by atoms with Crippen LogP contribution in [0.25, 0.3) is 0 Å². The highest BCUT2D eigenvalue weighted by Crippen LogP contribution is 2.41. The first-order valence-corrected chi connectivity index (χ1v) is 7.82. The molecule has 13 heteroatoms. The zero-order chi connectivity index (χ0) is 22.8. The molecule has 0 nitrogen and oxygen atoms in total. The molecule has 0 saturated carbocycles. The van der Waals surface area contributed by atoms with Crippen molar-refractivity contribution in [2.75, 3.05) is 0 Å². The molecule has 2 aromatic carbocycles. The topological polar surface area (TPSA) is 0 Å². The predicted molar refractivity (Wildman–Crippen MR) is 80.6 cm³/mol. The summed E-state index contributed by atoms with van der Waals surface area (Å²) in [5, 5.41) is 0. The molecule has 0 atom stereocenters. The van der Waals surface area contributed by atoms with Gasteiger partial charge in [-0.1, -0.05) is 28.1 Å². The molecule has 2 aromatic rings. The molecule has 162 valence electrons. The maximum atomic E-state index is 12.2. The molecule has 29 heavy (non-hydrogen) atoms. The van der Waals surface area contributed by atoms with Gasteiger partial charge in [0.15, 0.2) is 0 Å². The number of rotatable bonds is 0. The Labute approximate surface area is 163 Å². The van der Waals surface area contributed by atoms with Crippen molar-refractivity contribution in [3.8, 4) is 0 Å². The second kappa shape index (κ2) is 8.44. The maximum absolute atomic E-state index is 12.2. The van der Waals surface area contributed by atoms with Gasteiger partial charge < -0.3 is 0 Å². The second-order valence-corrected chi connectivity index (χ2v) is 6.14. The van der Waals surface area contributed by atoms with Gasteiger partial charge in [-0.05, 0) is 30.3 Å². The van der Waals surface area contributed by atoms with Crippen molar-refractivity contribution < 1.29 is 52.7 Å². The fourth-order valence-electron chi connectivity index (χ4n) is 1.98. The molecule has 0 N–H and O–H groups in total. The molecule has 0 heterocycles. The van der Waals surface area contributed by atoms with Crippen LogP contribution in [0.3, 0.4) is 0 Å². The Balaban J connectivity index is 0.000000291. The minimum atomic E-state index is -5.02. The van der Waals surface area contributed by atoms with Crippen LogP contribution in [0, 0.1) is 0 Å². The van der Waals surface area contributed by atoms with Crippen molar-refractivity contribution in [1.29, 1.82) is 0 Å². The number of halogens is 13. The van der Waals surface area contributed by atoms with E-state index in [0.717, 1.165) is 18.2 Å². The molecule has 0 fully saturated rings. The molecule has 0 saturated heterocycles. The summed E-state index contributed by atoms with van der Waals surface area (Å²) in [5.74, 6) is 0. The maximum Gasteiger partial charge on any atom is 0.417 e. The molecular weight excluding hydrogens is 500 g/mol. The Hall–Kier alpha value is -1.92. The van der Waals surface area contributed by atoms with E-state index in [1.165, 1.54) is 0 Å². The van der Waals surface area contributed by atoms with Gasteiger partial charge in [0, 0.05) is 4.47 Å². The molecule has 0 aliphatic heterocycles. The Bertz CT molecular complexity index is 795. The van der Waals surface area contributed by atoms with E-state index in [1.807, 2.05) is 0 Å². The Morgan fingerprint density at radius 1 is 0.448 bits per heavy atom. The highest BCUT2D eigenvalue weighted by Gasteiger charge is 2.43. The third kappa shape index (κ3) is 7.12. The highest BCUT2D eigenvalue weighted by atomic mass is 79.9. The lowest BCUT2D eigenvalue weighted by atomic mass is 10.1. The third-order valence-electron chi connectivity index (χ3n) is 3.13. The summed E-state index contributed by atoms with van der Waals surface area (Å²) in [6.45, 7) is 0. The van der Waals surface area contributed by atoms with Crippen molar-refractivity contribution in [3.05, 3.63) is 69.2 Å². The van der Waals surface area contributed by atoms with Gasteiger partial charge in [0.25, 0.3) is 0 Å². The second-order valence-electron chi connectivity index (χ2n) is 5.23. The SMILES string of the molecule is FC(F)(F)c1ccc(Br)cc1C(F)(F)F.FC(F)(F)c1ccccc1C(F)(F)F. The standard InChI is InChI=1S/C8H3BrF6.C8H4F6/c9-4-1-2-5(7(10,11)12)6(3-4)8(13,14)15;9-7(10,11)5-3-1-2-4-6(5)8(12,13)14/h1-3H;1-4H. The average Bonchev–Trinajstić information content (AvgIpc) is 2.52. The Morgan fingerprint density at radius 3 is 1.07 bits per heavy atom. The molecule has 0 spiro atoms. The number of hydrogen-bond donors (Lipinski definition) is 0. The molecule has 0 aliphatic carbocycles. The summed E-state index contributed by atoms with van der Waals surface area (Å²) in [7, 11) is 0. The molecule has 0 amide bonds. The predicted octanol–water partition coefficient (Wildman–Crippen LogP) is 8.21. The lowest BCUT2D eigenvalue weighted by molar-refractivity contribution is -0.162. The summed E-state index contributed by atoms with van der Waals surface area (Å²) >= 11 is 2.69. The first-order valence-electron chi connectivity index (χ1n) is 7.02. The smallest absolute Gasteiger partial charge is 0.166 e. The van der Waals surface area contributed by atoms with E-state index in [0.29, 0.717) is 24.3 Å². The molecule has 0 aromatic heterocycles. The first kappa shape index (κ1) is 25.1. The minimum absolute atomic E-state index is 0.0529. The van der Waals surface area contributed by atoms with Crippen LogP contribution in [0.15, 0.2) is 46.9 Å². The van der Waals surface area contributed by atoms with Crippen LogP contribution < -0.4 is 0 Å². The quantitative estimate of drug-likeness (QED) is 0.316. The molecule has 0 radical (unpaired) electrons. The van der Waals surface area contributed by atoms with E-state index in [4.69, 9.17) is 0 Å². The Kier molecular flexibility index (Phi) is 7.31. The summed E-state index contributed by atoms with van der Waals surface area (Å²) < 4.78 is 146.